The first-order valence-corrected chi connectivity index (χ1v) is 10.2. The first-order valence-electron chi connectivity index (χ1n) is 10.2. The lowest BCUT2D eigenvalue weighted by Gasteiger charge is -2.19. The molecule has 1 saturated heterocycles. The highest BCUT2D eigenvalue weighted by molar-refractivity contribution is 6.01. The number of rotatable bonds is 9. The largest absolute Gasteiger partial charge is 0.493 e. The van der Waals surface area contributed by atoms with Crippen molar-refractivity contribution in [2.45, 2.75) is 25.6 Å². The van der Waals surface area contributed by atoms with Crippen molar-refractivity contribution in [3.63, 3.8) is 0 Å². The van der Waals surface area contributed by atoms with Crippen molar-refractivity contribution in [1.82, 2.24) is 5.32 Å². The minimum Gasteiger partial charge on any atom is -0.493 e. The third kappa shape index (κ3) is 5.53. The maximum atomic E-state index is 13.1. The smallest absolute Gasteiger partial charge is 0.251 e. The zero-order chi connectivity index (χ0) is 22.2. The van der Waals surface area contributed by atoms with Crippen LogP contribution in [0, 0.1) is 0 Å². The molecule has 0 aliphatic carbocycles. The molecule has 0 aromatic heterocycles. The highest BCUT2D eigenvalue weighted by atomic mass is 16.7. The Kier molecular flexibility index (Phi) is 7.86. The van der Waals surface area contributed by atoms with E-state index in [1.165, 1.54) is 14.2 Å². The van der Waals surface area contributed by atoms with Crippen molar-refractivity contribution in [2.75, 3.05) is 39.3 Å². The third-order valence-electron chi connectivity index (χ3n) is 5.05. The van der Waals surface area contributed by atoms with E-state index >= 15 is 0 Å². The second-order valence-corrected chi connectivity index (χ2v) is 7.00. The van der Waals surface area contributed by atoms with Crippen molar-refractivity contribution in [2.24, 2.45) is 0 Å². The van der Waals surface area contributed by atoms with Gasteiger partial charge in [0.15, 0.2) is 17.8 Å². The number of anilines is 1. The Labute approximate surface area is 181 Å². The molecule has 0 saturated carbocycles. The molecule has 2 amide bonds. The van der Waals surface area contributed by atoms with E-state index in [-0.39, 0.29) is 24.3 Å². The molecular weight excluding hydrogens is 400 g/mol. The summed E-state index contributed by atoms with van der Waals surface area (Å²) in [7, 11) is 2.96. The molecule has 8 nitrogen and oxygen atoms in total. The zero-order valence-corrected chi connectivity index (χ0v) is 18.0. The van der Waals surface area contributed by atoms with Crippen LogP contribution >= 0.6 is 0 Å². The van der Waals surface area contributed by atoms with E-state index < -0.39 is 6.29 Å². The highest BCUT2D eigenvalue weighted by Crippen LogP contribution is 2.37. The molecule has 0 unspecified atom stereocenters. The van der Waals surface area contributed by atoms with Gasteiger partial charge in [-0.2, -0.15) is 0 Å². The van der Waals surface area contributed by atoms with Gasteiger partial charge in [-0.25, -0.2) is 0 Å². The maximum Gasteiger partial charge on any atom is 0.251 e. The Morgan fingerprint density at radius 3 is 2.42 bits per heavy atom. The lowest BCUT2D eigenvalue weighted by atomic mass is 9.95. The number of carbonyl (C=O) groups excluding carboxylic acids is 2. The molecule has 0 bridgehead atoms. The van der Waals surface area contributed by atoms with E-state index in [0.717, 1.165) is 5.56 Å². The minimum atomic E-state index is -0.459. The number of methoxy groups -OCH3 is 2. The Morgan fingerprint density at radius 1 is 1.10 bits per heavy atom. The van der Waals surface area contributed by atoms with E-state index in [1.54, 1.807) is 12.1 Å². The molecule has 2 aromatic carbocycles. The second kappa shape index (κ2) is 10.8. The van der Waals surface area contributed by atoms with Gasteiger partial charge in [0, 0.05) is 5.56 Å². The Bertz CT molecular complexity index is 896. The van der Waals surface area contributed by atoms with Crippen LogP contribution in [0.1, 0.15) is 35.2 Å². The second-order valence-electron chi connectivity index (χ2n) is 7.00. The standard InChI is InChI=1S/C23H28N2O6/c1-4-17(15-8-6-5-7-9-15)23(27)25-18-12-16(13-19(28-2)21(18)29-3)22(26)24-14-20-30-10-11-31-20/h5-9,12-13,17,20H,4,10-11,14H2,1-3H3,(H,24,26)(H,25,27)/t17-/m1/s1. The fraction of sp³-hybridized carbons (Fsp3) is 0.391. The molecule has 1 fully saturated rings. The lowest BCUT2D eigenvalue weighted by Crippen LogP contribution is -2.32. The summed E-state index contributed by atoms with van der Waals surface area (Å²) in [6.45, 7) is 3.19. The number of hydrogen-bond acceptors (Lipinski definition) is 6. The summed E-state index contributed by atoms with van der Waals surface area (Å²) in [6, 6.07) is 12.7. The zero-order valence-electron chi connectivity index (χ0n) is 18.0. The SMILES string of the molecule is CC[C@@H](C(=O)Nc1cc(C(=O)NCC2OCCO2)cc(OC)c1OC)c1ccccc1. The Morgan fingerprint density at radius 2 is 1.81 bits per heavy atom. The molecule has 1 heterocycles. The molecule has 1 aliphatic rings. The molecule has 31 heavy (non-hydrogen) atoms. The molecule has 1 aliphatic heterocycles. The summed E-state index contributed by atoms with van der Waals surface area (Å²) in [6.07, 6.45) is 0.163. The predicted octanol–water partition coefficient (Wildman–Crippen LogP) is 2.94. The van der Waals surface area contributed by atoms with Gasteiger partial charge in [0.25, 0.3) is 5.91 Å². The summed E-state index contributed by atoms with van der Waals surface area (Å²) >= 11 is 0. The average Bonchev–Trinajstić information content (AvgIpc) is 3.31. The topological polar surface area (TPSA) is 95.1 Å². The van der Waals surface area contributed by atoms with E-state index in [2.05, 4.69) is 10.6 Å². The quantitative estimate of drug-likeness (QED) is 0.638. The molecule has 1 atom stereocenters. The van der Waals surface area contributed by atoms with Crippen LogP contribution in [-0.2, 0) is 14.3 Å². The number of amides is 2. The molecular formula is C23H28N2O6. The third-order valence-corrected chi connectivity index (χ3v) is 5.05. The molecule has 0 radical (unpaired) electrons. The van der Waals surface area contributed by atoms with Crippen molar-refractivity contribution in [1.29, 1.82) is 0 Å². The summed E-state index contributed by atoms with van der Waals surface area (Å²) in [5.74, 6) is -0.194. The van der Waals surface area contributed by atoms with Gasteiger partial charge in [-0.05, 0) is 24.1 Å². The van der Waals surface area contributed by atoms with Crippen molar-refractivity contribution >= 4 is 17.5 Å². The van der Waals surface area contributed by atoms with Crippen LogP contribution in [0.25, 0.3) is 0 Å². The molecule has 8 heteroatoms. The highest BCUT2D eigenvalue weighted by Gasteiger charge is 2.23. The Balaban J connectivity index is 1.82. The molecule has 3 rings (SSSR count). The van der Waals surface area contributed by atoms with Crippen molar-refractivity contribution in [3.05, 3.63) is 53.6 Å². The average molecular weight is 428 g/mol. The van der Waals surface area contributed by atoms with Crippen LogP contribution in [0.15, 0.2) is 42.5 Å². The summed E-state index contributed by atoms with van der Waals surface area (Å²) in [4.78, 5) is 25.7. The van der Waals surface area contributed by atoms with Gasteiger partial charge in [-0.1, -0.05) is 37.3 Å². The molecule has 0 spiro atoms. The summed E-state index contributed by atoms with van der Waals surface area (Å²) in [5.41, 5.74) is 1.59. The molecule has 166 valence electrons. The number of carbonyl (C=O) groups is 2. The summed E-state index contributed by atoms with van der Waals surface area (Å²) in [5, 5.41) is 5.68. The molecule has 2 aromatic rings. The van der Waals surface area contributed by atoms with Crippen LogP contribution in [0.3, 0.4) is 0 Å². The van der Waals surface area contributed by atoms with Crippen LogP contribution in [0.2, 0.25) is 0 Å². The normalized spacial score (nSPS) is 14.7. The number of ether oxygens (including phenoxy) is 4. The monoisotopic (exact) mass is 428 g/mol. The van der Waals surface area contributed by atoms with Gasteiger partial charge >= 0.3 is 0 Å². The first-order chi connectivity index (χ1) is 15.1. The minimum absolute atomic E-state index is 0.195. The van der Waals surface area contributed by atoms with Crippen molar-refractivity contribution in [3.8, 4) is 11.5 Å². The van der Waals surface area contributed by atoms with E-state index in [9.17, 15) is 9.59 Å². The fourth-order valence-electron chi connectivity index (χ4n) is 3.47. The molecule has 2 N–H and O–H groups in total. The van der Waals surface area contributed by atoms with E-state index in [4.69, 9.17) is 18.9 Å². The van der Waals surface area contributed by atoms with E-state index in [1.807, 2.05) is 37.3 Å². The van der Waals surface area contributed by atoms with E-state index in [0.29, 0.717) is 42.4 Å². The Hall–Kier alpha value is -3.10. The van der Waals surface area contributed by atoms with Gasteiger partial charge in [-0.3, -0.25) is 9.59 Å². The fourth-order valence-corrected chi connectivity index (χ4v) is 3.47. The predicted molar refractivity (Wildman–Crippen MR) is 116 cm³/mol. The van der Waals surface area contributed by atoms with Crippen LogP contribution < -0.4 is 20.1 Å². The van der Waals surface area contributed by atoms with Crippen LogP contribution in [0.4, 0.5) is 5.69 Å². The first kappa shape index (κ1) is 22.6. The summed E-state index contributed by atoms with van der Waals surface area (Å²) < 4.78 is 21.5. The van der Waals surface area contributed by atoms with Gasteiger partial charge < -0.3 is 29.6 Å². The van der Waals surface area contributed by atoms with Crippen molar-refractivity contribution < 1.29 is 28.5 Å². The number of benzene rings is 2. The maximum absolute atomic E-state index is 13.1. The lowest BCUT2D eigenvalue weighted by molar-refractivity contribution is -0.117. The van der Waals surface area contributed by atoms with Crippen LogP contribution in [0.5, 0.6) is 11.5 Å². The van der Waals surface area contributed by atoms with Gasteiger partial charge in [-0.15, -0.1) is 0 Å². The van der Waals surface area contributed by atoms with Gasteiger partial charge in [0.2, 0.25) is 5.91 Å². The number of nitrogens with one attached hydrogen (secondary N) is 2. The van der Waals surface area contributed by atoms with Crippen LogP contribution in [-0.4, -0.2) is 52.1 Å². The van der Waals surface area contributed by atoms with Gasteiger partial charge in [0.05, 0.1) is 45.6 Å². The van der Waals surface area contributed by atoms with Gasteiger partial charge in [0.1, 0.15) is 0 Å². The number of hydrogen-bond donors (Lipinski definition) is 2.